The molecule has 1 aliphatic heterocycles. The molecule has 0 saturated carbocycles. The van der Waals surface area contributed by atoms with E-state index in [2.05, 4.69) is 17.1 Å². The molecule has 0 spiro atoms. The van der Waals surface area contributed by atoms with Crippen LogP contribution in [0.5, 0.6) is 0 Å². The Kier molecular flexibility index (Phi) is 4.72. The van der Waals surface area contributed by atoms with Crippen molar-refractivity contribution in [2.45, 2.75) is 32.7 Å². The topological polar surface area (TPSA) is 15.3 Å². The highest BCUT2D eigenvalue weighted by Crippen LogP contribution is 2.12. The molecule has 1 saturated heterocycles. The van der Waals surface area contributed by atoms with Crippen molar-refractivity contribution in [3.05, 3.63) is 35.1 Å². The third kappa shape index (κ3) is 3.53. The molecule has 0 aromatic heterocycles. The van der Waals surface area contributed by atoms with Crippen molar-refractivity contribution in [2.24, 2.45) is 0 Å². The molecule has 1 heterocycles. The first kappa shape index (κ1) is 13.5. The molecule has 1 unspecified atom stereocenters. The van der Waals surface area contributed by atoms with Gasteiger partial charge >= 0.3 is 0 Å². The van der Waals surface area contributed by atoms with Gasteiger partial charge in [0.15, 0.2) is 0 Å². The molecule has 1 N–H and O–H groups in total. The largest absolute Gasteiger partial charge is 0.311 e. The van der Waals surface area contributed by atoms with Gasteiger partial charge in [-0.3, -0.25) is 0 Å². The van der Waals surface area contributed by atoms with Gasteiger partial charge in [0, 0.05) is 32.2 Å². The Labute approximate surface area is 109 Å². The molecule has 2 nitrogen and oxygen atoms in total. The minimum Gasteiger partial charge on any atom is -0.311 e. The molecule has 1 aliphatic rings. The average molecular weight is 250 g/mol. The predicted molar refractivity (Wildman–Crippen MR) is 73.4 cm³/mol. The van der Waals surface area contributed by atoms with E-state index in [0.717, 1.165) is 38.2 Å². The Balaban J connectivity index is 1.87. The van der Waals surface area contributed by atoms with E-state index in [1.54, 1.807) is 12.1 Å². The van der Waals surface area contributed by atoms with Crippen LogP contribution in [0.3, 0.4) is 0 Å². The molecule has 0 aliphatic carbocycles. The lowest BCUT2D eigenvalue weighted by Crippen LogP contribution is -2.50. The summed E-state index contributed by atoms with van der Waals surface area (Å²) >= 11 is 0. The molecule has 2 rings (SSSR count). The Morgan fingerprint density at radius 3 is 3.00 bits per heavy atom. The highest BCUT2D eigenvalue weighted by atomic mass is 19.1. The lowest BCUT2D eigenvalue weighted by Gasteiger charge is -2.33. The predicted octanol–water partition coefficient (Wildman–Crippen LogP) is 2.36. The highest BCUT2D eigenvalue weighted by molar-refractivity contribution is 5.26. The van der Waals surface area contributed by atoms with Crippen LogP contribution in [0.1, 0.15) is 24.5 Å². The summed E-state index contributed by atoms with van der Waals surface area (Å²) in [6, 6.07) is 5.74. The van der Waals surface area contributed by atoms with Gasteiger partial charge < -0.3 is 10.2 Å². The molecule has 1 fully saturated rings. The van der Waals surface area contributed by atoms with Gasteiger partial charge in [-0.25, -0.2) is 4.39 Å². The van der Waals surface area contributed by atoms with Crippen LogP contribution in [-0.4, -0.2) is 37.1 Å². The minimum absolute atomic E-state index is 0.135. The van der Waals surface area contributed by atoms with Crippen LogP contribution in [0.25, 0.3) is 0 Å². The van der Waals surface area contributed by atoms with Crippen LogP contribution >= 0.6 is 0 Å². The third-order valence-corrected chi connectivity index (χ3v) is 3.83. The number of hydrogen-bond donors (Lipinski definition) is 1. The molecule has 1 aromatic carbocycles. The molecule has 0 bridgehead atoms. The second kappa shape index (κ2) is 6.30. The minimum atomic E-state index is -0.135. The van der Waals surface area contributed by atoms with E-state index >= 15 is 0 Å². The maximum Gasteiger partial charge on any atom is 0.123 e. The summed E-state index contributed by atoms with van der Waals surface area (Å²) < 4.78 is 13.0. The number of hydrogen-bond acceptors (Lipinski definition) is 2. The number of benzene rings is 1. The van der Waals surface area contributed by atoms with Gasteiger partial charge in [-0.2, -0.15) is 0 Å². The number of nitrogens with one attached hydrogen (secondary N) is 1. The van der Waals surface area contributed by atoms with Gasteiger partial charge in [0.1, 0.15) is 5.82 Å². The van der Waals surface area contributed by atoms with E-state index in [9.17, 15) is 4.39 Å². The van der Waals surface area contributed by atoms with E-state index in [1.165, 1.54) is 12.0 Å². The summed E-state index contributed by atoms with van der Waals surface area (Å²) in [5.41, 5.74) is 2.33. The lowest BCUT2D eigenvalue weighted by molar-refractivity contribution is 0.199. The van der Waals surface area contributed by atoms with Crippen LogP contribution in [0.2, 0.25) is 0 Å². The molecule has 100 valence electrons. The van der Waals surface area contributed by atoms with Crippen molar-refractivity contribution >= 4 is 0 Å². The van der Waals surface area contributed by atoms with Crippen molar-refractivity contribution < 1.29 is 4.39 Å². The van der Waals surface area contributed by atoms with Crippen LogP contribution in [0.15, 0.2) is 18.2 Å². The maximum absolute atomic E-state index is 13.0. The zero-order valence-electron chi connectivity index (χ0n) is 11.4. The van der Waals surface area contributed by atoms with Crippen molar-refractivity contribution in [1.82, 2.24) is 10.2 Å². The lowest BCUT2D eigenvalue weighted by atomic mass is 10.0. The molecule has 1 aromatic rings. The Hall–Kier alpha value is -0.930. The van der Waals surface area contributed by atoms with Gasteiger partial charge in [0.2, 0.25) is 0 Å². The fourth-order valence-electron chi connectivity index (χ4n) is 2.59. The molecule has 0 amide bonds. The number of piperazine rings is 1. The van der Waals surface area contributed by atoms with Crippen LogP contribution in [-0.2, 0) is 6.42 Å². The second-order valence-corrected chi connectivity index (χ2v) is 5.18. The number of aryl methyl sites for hydroxylation is 1. The van der Waals surface area contributed by atoms with Crippen molar-refractivity contribution in [1.29, 1.82) is 0 Å². The van der Waals surface area contributed by atoms with E-state index in [-0.39, 0.29) is 5.82 Å². The first-order chi connectivity index (χ1) is 8.69. The van der Waals surface area contributed by atoms with E-state index in [0.29, 0.717) is 6.04 Å². The van der Waals surface area contributed by atoms with E-state index in [4.69, 9.17) is 0 Å². The molecule has 3 heteroatoms. The van der Waals surface area contributed by atoms with Crippen molar-refractivity contribution in [3.8, 4) is 0 Å². The number of rotatable bonds is 4. The summed E-state index contributed by atoms with van der Waals surface area (Å²) in [5.74, 6) is -0.135. The third-order valence-electron chi connectivity index (χ3n) is 3.83. The maximum atomic E-state index is 13.0. The SMILES string of the molecule is CCC1CN(CCc2ccc(F)cc2C)CCN1. The quantitative estimate of drug-likeness (QED) is 0.882. The van der Waals surface area contributed by atoms with E-state index < -0.39 is 0 Å². The standard InChI is InChI=1S/C15H23FN2/c1-3-15-11-18(9-7-17-15)8-6-13-4-5-14(16)10-12(13)2/h4-5,10,15,17H,3,6-9,11H2,1-2H3. The first-order valence-corrected chi connectivity index (χ1v) is 6.90. The van der Waals surface area contributed by atoms with Crippen molar-refractivity contribution in [3.63, 3.8) is 0 Å². The zero-order valence-corrected chi connectivity index (χ0v) is 11.4. The smallest absolute Gasteiger partial charge is 0.123 e. The molecule has 1 atom stereocenters. The van der Waals surface area contributed by atoms with E-state index in [1.807, 2.05) is 13.0 Å². The number of nitrogens with zero attached hydrogens (tertiary/aromatic N) is 1. The highest BCUT2D eigenvalue weighted by Gasteiger charge is 2.17. The molecular weight excluding hydrogens is 227 g/mol. The van der Waals surface area contributed by atoms with Gasteiger partial charge in [0.25, 0.3) is 0 Å². The Bertz CT molecular complexity index is 392. The van der Waals surface area contributed by atoms with Crippen LogP contribution in [0, 0.1) is 12.7 Å². The fraction of sp³-hybridized carbons (Fsp3) is 0.600. The van der Waals surface area contributed by atoms with Crippen LogP contribution < -0.4 is 5.32 Å². The Morgan fingerprint density at radius 2 is 2.28 bits per heavy atom. The van der Waals surface area contributed by atoms with Gasteiger partial charge in [-0.05, 0) is 43.0 Å². The zero-order chi connectivity index (χ0) is 13.0. The molecular formula is C15H23FN2. The summed E-state index contributed by atoms with van der Waals surface area (Å²) in [6.45, 7) is 8.63. The van der Waals surface area contributed by atoms with Gasteiger partial charge in [-0.15, -0.1) is 0 Å². The van der Waals surface area contributed by atoms with Gasteiger partial charge in [0.05, 0.1) is 0 Å². The van der Waals surface area contributed by atoms with Gasteiger partial charge in [-0.1, -0.05) is 13.0 Å². The second-order valence-electron chi connectivity index (χ2n) is 5.18. The summed E-state index contributed by atoms with van der Waals surface area (Å²) in [5, 5.41) is 3.52. The molecule has 0 radical (unpaired) electrons. The average Bonchev–Trinajstić information content (AvgIpc) is 2.38. The summed E-state index contributed by atoms with van der Waals surface area (Å²) in [7, 11) is 0. The number of halogens is 1. The van der Waals surface area contributed by atoms with Crippen molar-refractivity contribution in [2.75, 3.05) is 26.2 Å². The van der Waals surface area contributed by atoms with Crippen LogP contribution in [0.4, 0.5) is 4.39 Å². The monoisotopic (exact) mass is 250 g/mol. The summed E-state index contributed by atoms with van der Waals surface area (Å²) in [6.07, 6.45) is 2.20. The molecule has 18 heavy (non-hydrogen) atoms. The first-order valence-electron chi connectivity index (χ1n) is 6.90. The fourth-order valence-corrected chi connectivity index (χ4v) is 2.59. The summed E-state index contributed by atoms with van der Waals surface area (Å²) in [4.78, 5) is 2.51. The normalized spacial score (nSPS) is 21.2. The Morgan fingerprint density at radius 1 is 1.44 bits per heavy atom.